The number of halogens is 1. The van der Waals surface area contributed by atoms with Crippen LogP contribution in [0.4, 0.5) is 0 Å². The van der Waals surface area contributed by atoms with Crippen molar-refractivity contribution in [3.05, 3.63) is 95.6 Å². The van der Waals surface area contributed by atoms with Crippen LogP contribution in [0.25, 0.3) is 6.08 Å². The Morgan fingerprint density at radius 1 is 1.18 bits per heavy atom. The van der Waals surface area contributed by atoms with Crippen LogP contribution in [0.1, 0.15) is 31.0 Å². The second-order valence-electron chi connectivity index (χ2n) is 8.20. The van der Waals surface area contributed by atoms with Crippen LogP contribution in [0.5, 0.6) is 17.2 Å². The number of fused-ring (bicyclic) bond motifs is 1. The maximum atomic E-state index is 13.8. The van der Waals surface area contributed by atoms with Gasteiger partial charge in [0, 0.05) is 11.6 Å². The van der Waals surface area contributed by atoms with Crippen molar-refractivity contribution in [3.8, 4) is 17.2 Å². The first kappa shape index (κ1) is 27.4. The normalized spacial score (nSPS) is 15.0. The summed E-state index contributed by atoms with van der Waals surface area (Å²) in [5.41, 5.74) is 1.89. The molecule has 0 unspecified atom stereocenters. The summed E-state index contributed by atoms with van der Waals surface area (Å²) in [5.74, 6) is 1.19. The van der Waals surface area contributed by atoms with Gasteiger partial charge in [-0.2, -0.15) is 0 Å². The lowest BCUT2D eigenvalue weighted by Crippen LogP contribution is -2.40. The van der Waals surface area contributed by atoms with Crippen molar-refractivity contribution in [1.29, 1.82) is 0 Å². The molecule has 3 aromatic rings. The van der Waals surface area contributed by atoms with Crippen molar-refractivity contribution in [2.75, 3.05) is 27.4 Å². The molecule has 0 radical (unpaired) electrons. The van der Waals surface area contributed by atoms with Crippen molar-refractivity contribution < 1.29 is 23.7 Å². The Bertz CT molecular complexity index is 1600. The van der Waals surface area contributed by atoms with E-state index >= 15 is 0 Å². The van der Waals surface area contributed by atoms with Gasteiger partial charge in [-0.1, -0.05) is 30.1 Å². The summed E-state index contributed by atoms with van der Waals surface area (Å²) in [4.78, 5) is 32.1. The van der Waals surface area contributed by atoms with Gasteiger partial charge in [-0.25, -0.2) is 9.79 Å². The second kappa shape index (κ2) is 11.8. The molecular formula is C28H27BrN2O6S. The minimum Gasteiger partial charge on any atom is -0.497 e. The van der Waals surface area contributed by atoms with E-state index in [0.717, 1.165) is 10.0 Å². The van der Waals surface area contributed by atoms with Gasteiger partial charge in [0.1, 0.15) is 29.9 Å². The second-order valence-corrected chi connectivity index (χ2v) is 10.1. The summed E-state index contributed by atoms with van der Waals surface area (Å²) in [6, 6.07) is 10.0. The van der Waals surface area contributed by atoms with Crippen molar-refractivity contribution in [2.45, 2.75) is 19.9 Å². The number of hydrogen-bond donors (Lipinski definition) is 0. The Kier molecular flexibility index (Phi) is 8.53. The molecule has 0 saturated carbocycles. The first-order valence-corrected chi connectivity index (χ1v) is 13.4. The maximum absolute atomic E-state index is 13.8. The largest absolute Gasteiger partial charge is 0.497 e. The van der Waals surface area contributed by atoms with E-state index in [4.69, 9.17) is 18.9 Å². The average molecular weight is 600 g/mol. The summed E-state index contributed by atoms with van der Waals surface area (Å²) < 4.78 is 24.7. The molecule has 198 valence electrons. The minimum absolute atomic E-state index is 0.188. The van der Waals surface area contributed by atoms with Gasteiger partial charge in [-0.05, 0) is 65.7 Å². The number of carbonyl (C=O) groups excluding carboxylic acids is 1. The molecule has 0 fully saturated rings. The van der Waals surface area contributed by atoms with E-state index in [1.165, 1.54) is 23.0 Å². The number of rotatable bonds is 9. The van der Waals surface area contributed by atoms with Gasteiger partial charge < -0.3 is 18.9 Å². The molecule has 0 N–H and O–H groups in total. The van der Waals surface area contributed by atoms with Crippen LogP contribution in [-0.2, 0) is 9.53 Å². The van der Waals surface area contributed by atoms with Gasteiger partial charge in [-0.15, -0.1) is 0 Å². The summed E-state index contributed by atoms with van der Waals surface area (Å²) in [6.45, 7) is 7.71. The SMILES string of the molecule is C=CCOc1ccc(/C=c2\sc3n(c2=O)[C@@H](c2ccc(OC)cc2OC)C(C(=O)OCC)=C(C)N=3)cc1Br. The molecule has 38 heavy (non-hydrogen) atoms. The zero-order valence-corrected chi connectivity index (χ0v) is 23.9. The highest BCUT2D eigenvalue weighted by molar-refractivity contribution is 9.10. The number of nitrogens with zero attached hydrogens (tertiary/aromatic N) is 2. The summed E-state index contributed by atoms with van der Waals surface area (Å²) >= 11 is 4.77. The molecule has 0 bridgehead atoms. The first-order valence-electron chi connectivity index (χ1n) is 11.8. The highest BCUT2D eigenvalue weighted by Gasteiger charge is 2.35. The molecule has 2 heterocycles. The van der Waals surface area contributed by atoms with Crippen molar-refractivity contribution in [2.24, 2.45) is 4.99 Å². The van der Waals surface area contributed by atoms with Crippen LogP contribution in [0.15, 0.2) is 74.6 Å². The van der Waals surface area contributed by atoms with E-state index in [-0.39, 0.29) is 17.7 Å². The van der Waals surface area contributed by atoms with Gasteiger partial charge in [0.05, 0.1) is 41.1 Å². The topological polar surface area (TPSA) is 88.3 Å². The number of ether oxygens (including phenoxy) is 4. The van der Waals surface area contributed by atoms with Gasteiger partial charge in [0.2, 0.25) is 0 Å². The Morgan fingerprint density at radius 3 is 2.63 bits per heavy atom. The molecular weight excluding hydrogens is 572 g/mol. The molecule has 1 atom stereocenters. The Hall–Kier alpha value is -3.63. The molecule has 4 rings (SSSR count). The molecule has 1 aliphatic heterocycles. The van der Waals surface area contributed by atoms with Crippen molar-refractivity contribution >= 4 is 39.3 Å². The summed E-state index contributed by atoms with van der Waals surface area (Å²) in [5, 5.41) is 0. The van der Waals surface area contributed by atoms with Crippen LogP contribution in [-0.4, -0.2) is 38.0 Å². The lowest BCUT2D eigenvalue weighted by molar-refractivity contribution is -0.139. The van der Waals surface area contributed by atoms with Crippen LogP contribution in [0.3, 0.4) is 0 Å². The third-order valence-electron chi connectivity index (χ3n) is 5.86. The molecule has 0 amide bonds. The predicted molar refractivity (Wildman–Crippen MR) is 150 cm³/mol. The lowest BCUT2D eigenvalue weighted by atomic mass is 9.95. The molecule has 8 nitrogen and oxygen atoms in total. The van der Waals surface area contributed by atoms with E-state index in [1.54, 1.807) is 51.3 Å². The van der Waals surface area contributed by atoms with Gasteiger partial charge in [-0.3, -0.25) is 9.36 Å². The number of esters is 1. The fourth-order valence-electron chi connectivity index (χ4n) is 4.15. The fourth-order valence-corrected chi connectivity index (χ4v) is 5.71. The molecule has 0 saturated heterocycles. The highest BCUT2D eigenvalue weighted by Crippen LogP contribution is 2.37. The quantitative estimate of drug-likeness (QED) is 0.272. The first-order chi connectivity index (χ1) is 18.3. The van der Waals surface area contributed by atoms with Gasteiger partial charge in [0.25, 0.3) is 5.56 Å². The number of allylic oxidation sites excluding steroid dienone is 1. The Labute approximate surface area is 232 Å². The number of benzene rings is 2. The van der Waals surface area contributed by atoms with Crippen LogP contribution >= 0.6 is 27.3 Å². The van der Waals surface area contributed by atoms with Crippen LogP contribution < -0.4 is 29.1 Å². The standard InChI is InChI=1S/C28H27BrN2O6S/c1-6-12-37-21-11-8-17(13-20(21)29)14-23-26(32)31-25(19-10-9-18(34-4)15-22(19)35-5)24(27(33)36-7-2)16(3)30-28(31)38-23/h6,8-11,13-15,25H,1,7,12H2,2-5H3/b23-14-/t25-/m0/s1. The summed E-state index contributed by atoms with van der Waals surface area (Å²) in [6.07, 6.45) is 3.46. The number of aromatic nitrogens is 1. The zero-order chi connectivity index (χ0) is 27.4. The molecule has 1 aromatic heterocycles. The third kappa shape index (κ3) is 5.32. The Balaban J connectivity index is 1.91. The maximum Gasteiger partial charge on any atom is 0.338 e. The average Bonchev–Trinajstić information content (AvgIpc) is 3.21. The molecule has 1 aliphatic rings. The molecule has 2 aromatic carbocycles. The minimum atomic E-state index is -0.797. The number of carbonyl (C=O) groups is 1. The van der Waals surface area contributed by atoms with E-state index in [0.29, 0.717) is 44.4 Å². The number of methoxy groups -OCH3 is 2. The highest BCUT2D eigenvalue weighted by atomic mass is 79.9. The van der Waals surface area contributed by atoms with E-state index in [9.17, 15) is 9.59 Å². The molecule has 0 spiro atoms. The zero-order valence-electron chi connectivity index (χ0n) is 21.4. The van der Waals surface area contributed by atoms with Gasteiger partial charge >= 0.3 is 5.97 Å². The van der Waals surface area contributed by atoms with Crippen LogP contribution in [0.2, 0.25) is 0 Å². The fraction of sp³-hybridized carbons (Fsp3) is 0.250. The van der Waals surface area contributed by atoms with Gasteiger partial charge in [0.15, 0.2) is 4.80 Å². The van der Waals surface area contributed by atoms with E-state index < -0.39 is 12.0 Å². The Morgan fingerprint density at radius 2 is 1.97 bits per heavy atom. The molecule has 10 heteroatoms. The van der Waals surface area contributed by atoms with E-state index in [1.807, 2.05) is 18.2 Å². The van der Waals surface area contributed by atoms with Crippen molar-refractivity contribution in [3.63, 3.8) is 0 Å². The monoisotopic (exact) mass is 598 g/mol. The third-order valence-corrected chi connectivity index (χ3v) is 7.47. The van der Waals surface area contributed by atoms with E-state index in [2.05, 4.69) is 27.5 Å². The smallest absolute Gasteiger partial charge is 0.338 e. The van der Waals surface area contributed by atoms with Crippen LogP contribution in [0, 0.1) is 0 Å². The summed E-state index contributed by atoms with van der Waals surface area (Å²) in [7, 11) is 3.09. The lowest BCUT2D eigenvalue weighted by Gasteiger charge is -2.26. The van der Waals surface area contributed by atoms with Crippen molar-refractivity contribution in [1.82, 2.24) is 4.57 Å². The number of thiazole rings is 1. The predicted octanol–water partition coefficient (Wildman–Crippen LogP) is 4.14. The number of hydrogen-bond acceptors (Lipinski definition) is 8. The molecule has 0 aliphatic carbocycles.